The molecule has 0 atom stereocenters. The van der Waals surface area contributed by atoms with Gasteiger partial charge in [-0.05, 0) is 39.5 Å². The Bertz CT molecular complexity index is 1190. The van der Waals surface area contributed by atoms with E-state index in [9.17, 15) is 0 Å². The minimum absolute atomic E-state index is 0.912. The van der Waals surface area contributed by atoms with Crippen molar-refractivity contribution in [1.82, 2.24) is 0 Å². The van der Waals surface area contributed by atoms with Crippen molar-refractivity contribution in [2.24, 2.45) is 0 Å². The molecular formula is C43H70Si2Zr-4. The molecule has 0 saturated carbocycles. The molecule has 4 aromatic carbocycles. The summed E-state index contributed by atoms with van der Waals surface area (Å²) in [7, 11) is -1.82. The van der Waals surface area contributed by atoms with E-state index in [0.29, 0.717) is 0 Å². The van der Waals surface area contributed by atoms with E-state index in [0.717, 1.165) is 12.8 Å². The van der Waals surface area contributed by atoms with Crippen LogP contribution in [0.1, 0.15) is 87.5 Å². The van der Waals surface area contributed by atoms with Gasteiger partial charge in [-0.25, -0.2) is 12.1 Å². The van der Waals surface area contributed by atoms with Gasteiger partial charge in [0.25, 0.3) is 0 Å². The van der Waals surface area contributed by atoms with Crippen LogP contribution in [-0.2, 0) is 37.1 Å². The van der Waals surface area contributed by atoms with Crippen LogP contribution in [0.2, 0.25) is 51.4 Å². The van der Waals surface area contributed by atoms with Gasteiger partial charge >= 0.3 is 28.4 Å². The molecule has 258 valence electrons. The molecule has 0 aliphatic rings. The smallest absolute Gasteiger partial charge is 0.172 e. The molecule has 0 spiro atoms. The van der Waals surface area contributed by atoms with Gasteiger partial charge in [0, 0.05) is 16.1 Å². The minimum atomic E-state index is -0.912. The molecule has 0 aromatic heterocycles. The number of fused-ring (bicyclic) bond motifs is 3. The predicted octanol–water partition coefficient (Wildman–Crippen LogP) is 14.3. The summed E-state index contributed by atoms with van der Waals surface area (Å²) in [4.78, 5) is 0. The van der Waals surface area contributed by atoms with E-state index in [-0.39, 0.29) is 0 Å². The number of hydrogen-bond donors (Lipinski definition) is 0. The van der Waals surface area contributed by atoms with E-state index in [1.165, 1.54) is 120 Å². The van der Waals surface area contributed by atoms with Crippen molar-refractivity contribution < 1.29 is 24.2 Å². The summed E-state index contributed by atoms with van der Waals surface area (Å²) in [6, 6.07) is 25.2. The Balaban J connectivity index is 0.00000112. The molecular weight excluding hydrogens is 664 g/mol. The van der Waals surface area contributed by atoms with Crippen LogP contribution in [0.3, 0.4) is 0 Å². The Morgan fingerprint density at radius 3 is 1.24 bits per heavy atom. The van der Waals surface area contributed by atoms with Crippen molar-refractivity contribution in [2.45, 2.75) is 143 Å². The fourth-order valence-corrected chi connectivity index (χ4v) is 7.85. The summed E-state index contributed by atoms with van der Waals surface area (Å²) in [5.74, 6) is 0. The van der Waals surface area contributed by atoms with Crippen LogP contribution in [0.4, 0.5) is 0 Å². The van der Waals surface area contributed by atoms with Gasteiger partial charge in [0.2, 0.25) is 0 Å². The Kier molecular flexibility index (Phi) is 24.3. The van der Waals surface area contributed by atoms with Crippen LogP contribution >= 0.6 is 0 Å². The molecule has 4 rings (SSSR count). The van der Waals surface area contributed by atoms with Crippen LogP contribution in [0.25, 0.3) is 21.5 Å². The van der Waals surface area contributed by atoms with Crippen molar-refractivity contribution in [3.05, 3.63) is 96.8 Å². The van der Waals surface area contributed by atoms with Crippen LogP contribution in [0.15, 0.2) is 60.7 Å². The van der Waals surface area contributed by atoms with Crippen LogP contribution in [0, 0.1) is 27.7 Å². The summed E-state index contributed by atoms with van der Waals surface area (Å²) in [6.07, 6.45) is 12.4. The van der Waals surface area contributed by atoms with Gasteiger partial charge in [-0.3, -0.25) is 0 Å². The van der Waals surface area contributed by atoms with Crippen molar-refractivity contribution in [3.63, 3.8) is 0 Å². The van der Waals surface area contributed by atoms with Gasteiger partial charge in [-0.15, -0.1) is 39.7 Å². The third-order valence-corrected chi connectivity index (χ3v) is 11.8. The Hall–Kier alpha value is -1.15. The summed E-state index contributed by atoms with van der Waals surface area (Å²) >= 11 is 1.30. The first-order valence-corrected chi connectivity index (χ1v) is 27.1. The molecule has 0 bridgehead atoms. The third-order valence-electron chi connectivity index (χ3n) is 8.13. The topological polar surface area (TPSA) is 0 Å². The van der Waals surface area contributed by atoms with Gasteiger partial charge in [-0.1, -0.05) is 125 Å². The largest absolute Gasteiger partial charge is 0.214 e. The van der Waals surface area contributed by atoms with E-state index >= 15 is 0 Å². The fourth-order valence-electron chi connectivity index (χ4n) is 5.22. The normalized spacial score (nSPS) is 10.9. The van der Waals surface area contributed by atoms with Gasteiger partial charge < -0.3 is 13.8 Å². The molecule has 0 N–H and O–H groups in total. The van der Waals surface area contributed by atoms with Crippen molar-refractivity contribution >= 4 is 41.9 Å². The molecule has 3 heteroatoms. The van der Waals surface area contributed by atoms with E-state index in [1.807, 2.05) is 30.3 Å². The second-order valence-electron chi connectivity index (χ2n) is 15.1. The Morgan fingerprint density at radius 1 is 0.630 bits per heavy atom. The first kappa shape index (κ1) is 44.8. The molecule has 46 heavy (non-hydrogen) atoms. The molecule has 0 radical (unpaired) electrons. The molecule has 4 aromatic rings. The number of rotatable bonds is 12. The third kappa shape index (κ3) is 19.6. The minimum Gasteiger partial charge on any atom is -0.214 e. The summed E-state index contributed by atoms with van der Waals surface area (Å²) in [6.45, 7) is 31.0. The quantitative estimate of drug-likeness (QED) is 0.0772. The van der Waals surface area contributed by atoms with Gasteiger partial charge in [0.1, 0.15) is 0 Å². The molecule has 0 fully saturated rings. The molecule has 0 nitrogen and oxygen atoms in total. The molecule has 0 amide bonds. The van der Waals surface area contributed by atoms with Crippen LogP contribution in [-0.4, -0.2) is 20.4 Å². The Labute approximate surface area is 304 Å². The molecule has 0 aliphatic heterocycles. The molecule has 0 unspecified atom stereocenters. The van der Waals surface area contributed by atoms with E-state index in [2.05, 4.69) is 115 Å². The van der Waals surface area contributed by atoms with E-state index < -0.39 is 16.1 Å². The molecule has 0 heterocycles. The van der Waals surface area contributed by atoms with Gasteiger partial charge in [0.15, 0.2) is 0 Å². The number of hydrogen-bond acceptors (Lipinski definition) is 0. The SMILES string of the molecule is Cc1cc2[cH-]c3cc(C)c(CCCC[Si](C)(C)C)cc3c2cc1CCCC[Si](C)(C)C.[CH2-]CCC.[CH2-]CCC.[CH2]=[Zr].c1cc[cH-]c1. The first-order chi connectivity index (χ1) is 21.8. The zero-order chi connectivity index (χ0) is 35.2. The van der Waals surface area contributed by atoms with E-state index in [1.54, 1.807) is 11.1 Å². The maximum absolute atomic E-state index is 3.60. The van der Waals surface area contributed by atoms with E-state index in [4.69, 9.17) is 0 Å². The average Bonchev–Trinajstić information content (AvgIpc) is 3.70. The predicted molar refractivity (Wildman–Crippen MR) is 218 cm³/mol. The second-order valence-corrected chi connectivity index (χ2v) is 26.3. The van der Waals surface area contributed by atoms with Crippen molar-refractivity contribution in [3.8, 4) is 0 Å². The fraction of sp³-hybridized carbons (Fsp3) is 0.512. The number of unbranched alkanes of at least 4 members (excludes halogenated alkanes) is 4. The standard InChI is InChI=1S/C29H45Si2.C5H5.2C4H9.CH2.Zr/c1-22-17-26-19-27-18-23(2)25(14-10-12-16-31(6,7)8)21-29(27)28(26)20-24(22)13-9-11-15-30(3,4)5;1-2-4-5-3-1;2*1-3-4-2;;/h17-21H,9-16H2,1-8H3;1-5H;2*1,3-4H2,2H3;1H2;/q4*-1;;. The number of aryl methyl sites for hydroxylation is 4. The molecule has 0 aliphatic carbocycles. The first-order valence-electron chi connectivity index (χ1n) is 18.0. The van der Waals surface area contributed by atoms with Gasteiger partial charge in [-0.2, -0.15) is 31.0 Å². The maximum atomic E-state index is 3.60. The summed E-state index contributed by atoms with van der Waals surface area (Å²) in [5, 5.41) is 5.80. The van der Waals surface area contributed by atoms with Gasteiger partial charge in [0.05, 0.1) is 0 Å². The van der Waals surface area contributed by atoms with Crippen molar-refractivity contribution in [1.29, 1.82) is 0 Å². The zero-order valence-corrected chi connectivity index (χ0v) is 36.3. The zero-order valence-electron chi connectivity index (χ0n) is 31.9. The Morgan fingerprint density at radius 2 is 0.978 bits per heavy atom. The summed E-state index contributed by atoms with van der Waals surface area (Å²) in [5.41, 5.74) is 6.07. The van der Waals surface area contributed by atoms with Crippen LogP contribution in [0.5, 0.6) is 0 Å². The summed E-state index contributed by atoms with van der Waals surface area (Å²) < 4.78 is 3.34. The van der Waals surface area contributed by atoms with Crippen molar-refractivity contribution in [2.75, 3.05) is 0 Å². The van der Waals surface area contributed by atoms with Crippen LogP contribution < -0.4 is 0 Å². The monoisotopic (exact) mass is 732 g/mol. The maximum Gasteiger partial charge on any atom is -0.172 e. The molecule has 0 saturated heterocycles. The number of benzene rings is 2. The second kappa shape index (κ2) is 24.9. The average molecular weight is 734 g/mol.